The highest BCUT2D eigenvalue weighted by Gasteiger charge is 2.29. The lowest BCUT2D eigenvalue weighted by molar-refractivity contribution is 0.0746. The number of anilines is 1. The molecule has 0 saturated carbocycles. The van der Waals surface area contributed by atoms with Crippen molar-refractivity contribution >= 4 is 49.2 Å². The van der Waals surface area contributed by atoms with Gasteiger partial charge in [-0.15, -0.1) is 11.3 Å². The molecule has 1 atom stereocenters. The fourth-order valence-electron chi connectivity index (χ4n) is 4.72. The van der Waals surface area contributed by atoms with Gasteiger partial charge in [-0.05, 0) is 55.0 Å². The molecule has 5 nitrogen and oxygen atoms in total. The second-order valence-corrected chi connectivity index (χ2v) is 11.4. The van der Waals surface area contributed by atoms with Gasteiger partial charge in [-0.3, -0.25) is 4.79 Å². The zero-order valence-electron chi connectivity index (χ0n) is 18.9. The summed E-state index contributed by atoms with van der Waals surface area (Å²) < 4.78 is 0.987. The molecule has 1 amide bonds. The SMILES string of the molecule is CC(C)c1nc(N2CCN(C(=O)c3ccc(Br)cc3)CC2)c2c3c(sc2n1)C[C@@H](C)CC3. The largest absolute Gasteiger partial charge is 0.352 e. The average Bonchev–Trinajstić information content (AvgIpc) is 3.16. The number of carbonyl (C=O) groups excluding carboxylic acids is 1. The second-order valence-electron chi connectivity index (χ2n) is 9.38. The highest BCUT2D eigenvalue weighted by atomic mass is 79.9. The standard InChI is InChI=1S/C25H29BrN4OS/c1-15(2)22-27-23(21-19-9-4-16(3)14-20(19)32-24(21)28-22)29-10-12-30(13-11-29)25(31)17-5-7-18(26)8-6-17/h5-8,15-16H,4,9-14H2,1-3H3/t16-/m0/s1. The summed E-state index contributed by atoms with van der Waals surface area (Å²) in [4.78, 5) is 30.0. The first kappa shape index (κ1) is 21.8. The van der Waals surface area contributed by atoms with E-state index in [4.69, 9.17) is 9.97 Å². The normalized spacial score (nSPS) is 19.0. The number of thiophene rings is 1. The van der Waals surface area contributed by atoms with Crippen LogP contribution in [0.3, 0.4) is 0 Å². The maximum Gasteiger partial charge on any atom is 0.253 e. The predicted octanol–water partition coefficient (Wildman–Crippen LogP) is 5.66. The van der Waals surface area contributed by atoms with E-state index in [0.717, 1.165) is 58.4 Å². The van der Waals surface area contributed by atoms with Crippen LogP contribution in [0.4, 0.5) is 5.82 Å². The van der Waals surface area contributed by atoms with Crippen molar-refractivity contribution < 1.29 is 4.79 Å². The maximum absolute atomic E-state index is 13.0. The van der Waals surface area contributed by atoms with Crippen LogP contribution in [0.15, 0.2) is 28.7 Å². The number of nitrogens with zero attached hydrogens (tertiary/aromatic N) is 4. The van der Waals surface area contributed by atoms with Crippen LogP contribution >= 0.6 is 27.3 Å². The molecule has 1 fully saturated rings. The zero-order valence-corrected chi connectivity index (χ0v) is 21.3. The maximum atomic E-state index is 13.0. The van der Waals surface area contributed by atoms with Gasteiger partial charge < -0.3 is 9.80 Å². The van der Waals surface area contributed by atoms with Crippen LogP contribution in [-0.4, -0.2) is 47.0 Å². The van der Waals surface area contributed by atoms with Crippen LogP contribution in [0.5, 0.6) is 0 Å². The van der Waals surface area contributed by atoms with Gasteiger partial charge in [-0.25, -0.2) is 9.97 Å². The van der Waals surface area contributed by atoms with Gasteiger partial charge in [0.1, 0.15) is 16.5 Å². The smallest absolute Gasteiger partial charge is 0.253 e. The number of benzene rings is 1. The number of hydrogen-bond donors (Lipinski definition) is 0. The molecule has 0 spiro atoms. The van der Waals surface area contributed by atoms with Crippen LogP contribution in [-0.2, 0) is 12.8 Å². The van der Waals surface area contributed by atoms with E-state index >= 15 is 0 Å². The summed E-state index contributed by atoms with van der Waals surface area (Å²) in [6.07, 6.45) is 3.51. The van der Waals surface area contributed by atoms with Crippen LogP contribution < -0.4 is 4.90 Å². The number of piperazine rings is 1. The highest BCUT2D eigenvalue weighted by molar-refractivity contribution is 9.10. The molecule has 2 aromatic heterocycles. The Balaban J connectivity index is 1.43. The summed E-state index contributed by atoms with van der Waals surface area (Å²) in [7, 11) is 0. The number of fused-ring (bicyclic) bond motifs is 3. The Kier molecular flexibility index (Phi) is 5.97. The molecule has 2 aliphatic rings. The molecule has 3 aromatic rings. The molecule has 5 rings (SSSR count). The van der Waals surface area contributed by atoms with Crippen LogP contribution in [0.25, 0.3) is 10.2 Å². The molecule has 32 heavy (non-hydrogen) atoms. The van der Waals surface area contributed by atoms with Crippen molar-refractivity contribution in [1.29, 1.82) is 0 Å². The van der Waals surface area contributed by atoms with E-state index in [-0.39, 0.29) is 11.8 Å². The third-order valence-corrected chi connectivity index (χ3v) is 8.30. The molecule has 0 radical (unpaired) electrons. The van der Waals surface area contributed by atoms with Gasteiger partial charge in [-0.1, -0.05) is 36.7 Å². The average molecular weight is 514 g/mol. The second kappa shape index (κ2) is 8.75. The number of aryl methyl sites for hydroxylation is 1. The molecule has 1 aliphatic carbocycles. The minimum atomic E-state index is 0.106. The summed E-state index contributed by atoms with van der Waals surface area (Å²) >= 11 is 5.31. The number of amides is 1. The summed E-state index contributed by atoms with van der Waals surface area (Å²) in [6, 6.07) is 7.63. The Morgan fingerprint density at radius 2 is 1.84 bits per heavy atom. The first-order valence-corrected chi connectivity index (χ1v) is 13.1. The summed E-state index contributed by atoms with van der Waals surface area (Å²) in [5.41, 5.74) is 2.22. The van der Waals surface area contributed by atoms with E-state index in [9.17, 15) is 4.79 Å². The number of aromatic nitrogens is 2. The summed E-state index contributed by atoms with van der Waals surface area (Å²) in [5.74, 6) is 3.14. The number of rotatable bonds is 3. The van der Waals surface area contributed by atoms with Crippen LogP contribution in [0, 0.1) is 5.92 Å². The minimum absolute atomic E-state index is 0.106. The molecule has 1 aliphatic heterocycles. The van der Waals surface area contributed by atoms with Gasteiger partial charge in [-0.2, -0.15) is 0 Å². The van der Waals surface area contributed by atoms with E-state index in [0.29, 0.717) is 13.1 Å². The Morgan fingerprint density at radius 1 is 1.12 bits per heavy atom. The van der Waals surface area contributed by atoms with Gasteiger partial charge in [0.2, 0.25) is 0 Å². The fraction of sp³-hybridized carbons (Fsp3) is 0.480. The Bertz CT molecular complexity index is 1150. The third-order valence-electron chi connectivity index (χ3n) is 6.63. The summed E-state index contributed by atoms with van der Waals surface area (Å²) in [6.45, 7) is 9.69. The monoisotopic (exact) mass is 512 g/mol. The van der Waals surface area contributed by atoms with E-state index in [2.05, 4.69) is 41.6 Å². The first-order valence-electron chi connectivity index (χ1n) is 11.5. The third kappa shape index (κ3) is 4.05. The lowest BCUT2D eigenvalue weighted by Crippen LogP contribution is -2.49. The van der Waals surface area contributed by atoms with Crippen molar-refractivity contribution in [2.45, 2.75) is 46.0 Å². The molecule has 1 aromatic carbocycles. The Morgan fingerprint density at radius 3 is 2.53 bits per heavy atom. The molecule has 0 unspecified atom stereocenters. The first-order chi connectivity index (χ1) is 15.4. The Hall–Kier alpha value is -1.99. The summed E-state index contributed by atoms with van der Waals surface area (Å²) in [5, 5.41) is 1.27. The minimum Gasteiger partial charge on any atom is -0.352 e. The van der Waals surface area contributed by atoms with E-state index in [1.165, 1.54) is 22.2 Å². The molecule has 168 valence electrons. The number of halogens is 1. The molecule has 7 heteroatoms. The quantitative estimate of drug-likeness (QED) is 0.453. The van der Waals surface area contributed by atoms with Gasteiger partial charge in [0.05, 0.1) is 5.39 Å². The molecule has 3 heterocycles. The topological polar surface area (TPSA) is 49.3 Å². The van der Waals surface area contributed by atoms with Crippen molar-refractivity contribution in [2.75, 3.05) is 31.1 Å². The number of carbonyl (C=O) groups is 1. The lowest BCUT2D eigenvalue weighted by atomic mass is 9.89. The fourth-order valence-corrected chi connectivity index (χ4v) is 6.37. The van der Waals surface area contributed by atoms with Crippen molar-refractivity contribution in [2.24, 2.45) is 5.92 Å². The van der Waals surface area contributed by atoms with Gasteiger partial charge in [0.15, 0.2) is 0 Å². The van der Waals surface area contributed by atoms with Crippen molar-refractivity contribution in [3.05, 3.63) is 50.6 Å². The van der Waals surface area contributed by atoms with Crippen molar-refractivity contribution in [3.63, 3.8) is 0 Å². The van der Waals surface area contributed by atoms with E-state index < -0.39 is 0 Å². The van der Waals surface area contributed by atoms with Crippen LogP contribution in [0.2, 0.25) is 0 Å². The molecule has 0 bridgehead atoms. The zero-order chi connectivity index (χ0) is 22.4. The van der Waals surface area contributed by atoms with E-state index in [1.54, 1.807) is 0 Å². The van der Waals surface area contributed by atoms with Gasteiger partial charge in [0.25, 0.3) is 5.91 Å². The highest BCUT2D eigenvalue weighted by Crippen LogP contribution is 2.41. The van der Waals surface area contributed by atoms with Crippen molar-refractivity contribution in [3.8, 4) is 0 Å². The Labute approximate surface area is 202 Å². The van der Waals surface area contributed by atoms with Gasteiger partial charge >= 0.3 is 0 Å². The van der Waals surface area contributed by atoms with Crippen molar-refractivity contribution in [1.82, 2.24) is 14.9 Å². The van der Waals surface area contributed by atoms with E-state index in [1.807, 2.05) is 40.5 Å². The number of hydrogen-bond acceptors (Lipinski definition) is 5. The molecule has 1 saturated heterocycles. The van der Waals surface area contributed by atoms with Crippen LogP contribution in [0.1, 0.15) is 59.7 Å². The lowest BCUT2D eigenvalue weighted by Gasteiger charge is -2.36. The molecular formula is C25H29BrN4OS. The predicted molar refractivity (Wildman–Crippen MR) is 135 cm³/mol. The molecule has 0 N–H and O–H groups in total. The molecular weight excluding hydrogens is 484 g/mol. The van der Waals surface area contributed by atoms with Gasteiger partial charge in [0, 0.05) is 47.0 Å².